The second-order valence-corrected chi connectivity index (χ2v) is 8.02. The lowest BCUT2D eigenvalue weighted by atomic mass is 10.2. The number of sulfone groups is 1. The van der Waals surface area contributed by atoms with Crippen LogP contribution in [0.3, 0.4) is 0 Å². The smallest absolute Gasteiger partial charge is 0.326 e. The molecule has 2 unspecified atom stereocenters. The fourth-order valence-electron chi connectivity index (χ4n) is 1.87. The quantitative estimate of drug-likeness (QED) is 0.757. The summed E-state index contributed by atoms with van der Waals surface area (Å²) >= 11 is 1.48. The molecule has 9 heteroatoms. The van der Waals surface area contributed by atoms with Crippen LogP contribution in [0.1, 0.15) is 20.3 Å². The van der Waals surface area contributed by atoms with Gasteiger partial charge in [-0.1, -0.05) is 13.8 Å². The predicted molar refractivity (Wildman–Crippen MR) is 77.5 cm³/mol. The van der Waals surface area contributed by atoms with Crippen LogP contribution in [0, 0.1) is 0 Å². The highest BCUT2D eigenvalue weighted by atomic mass is 32.2. The van der Waals surface area contributed by atoms with Crippen LogP contribution in [0.2, 0.25) is 0 Å². The van der Waals surface area contributed by atoms with Gasteiger partial charge in [0.05, 0.1) is 0 Å². The zero-order chi connectivity index (χ0) is 15.3. The van der Waals surface area contributed by atoms with E-state index in [2.05, 4.69) is 5.32 Å². The molecule has 1 heterocycles. The molecule has 1 saturated heterocycles. The van der Waals surface area contributed by atoms with Crippen molar-refractivity contribution in [3.63, 3.8) is 0 Å². The lowest BCUT2D eigenvalue weighted by molar-refractivity contribution is -0.139. The number of nitrogens with one attached hydrogen (secondary N) is 1. The molecule has 0 bridgehead atoms. The summed E-state index contributed by atoms with van der Waals surface area (Å²) < 4.78 is 24.0. The number of amides is 2. The van der Waals surface area contributed by atoms with Crippen molar-refractivity contribution in [2.24, 2.45) is 0 Å². The summed E-state index contributed by atoms with van der Waals surface area (Å²) in [6, 6.07) is -1.62. The number of carbonyl (C=O) groups is 2. The van der Waals surface area contributed by atoms with Gasteiger partial charge in [-0.15, -0.1) is 0 Å². The summed E-state index contributed by atoms with van der Waals surface area (Å²) in [5.74, 6) is -0.194. The van der Waals surface area contributed by atoms with Gasteiger partial charge in [0.25, 0.3) is 0 Å². The fraction of sp³-hybridized carbons (Fsp3) is 0.818. The highest BCUT2D eigenvalue weighted by Gasteiger charge is 2.36. The van der Waals surface area contributed by atoms with Gasteiger partial charge in [0.2, 0.25) is 0 Å². The van der Waals surface area contributed by atoms with E-state index >= 15 is 0 Å². The molecule has 1 rings (SSSR count). The highest BCUT2D eigenvalue weighted by Crippen LogP contribution is 2.21. The monoisotopic (exact) mass is 324 g/mol. The lowest BCUT2D eigenvalue weighted by Crippen LogP contribution is -2.56. The number of urea groups is 1. The van der Waals surface area contributed by atoms with Crippen LogP contribution in [-0.4, -0.2) is 65.6 Å². The van der Waals surface area contributed by atoms with E-state index in [0.717, 1.165) is 0 Å². The minimum atomic E-state index is -3.38. The largest absolute Gasteiger partial charge is 0.480 e. The van der Waals surface area contributed by atoms with Crippen molar-refractivity contribution in [2.75, 3.05) is 23.8 Å². The number of hydrogen-bond donors (Lipinski definition) is 2. The normalized spacial score (nSPS) is 21.3. The van der Waals surface area contributed by atoms with Crippen molar-refractivity contribution in [1.82, 2.24) is 10.2 Å². The molecular weight excluding hydrogens is 304 g/mol. The van der Waals surface area contributed by atoms with Crippen molar-refractivity contribution in [3.05, 3.63) is 0 Å². The third-order valence-electron chi connectivity index (χ3n) is 3.17. The second kappa shape index (κ2) is 7.16. The third-order valence-corrected chi connectivity index (χ3v) is 6.46. The van der Waals surface area contributed by atoms with Crippen molar-refractivity contribution in [3.8, 4) is 0 Å². The van der Waals surface area contributed by atoms with Gasteiger partial charge in [-0.05, 0) is 6.42 Å². The van der Waals surface area contributed by atoms with Gasteiger partial charge in [-0.25, -0.2) is 18.0 Å². The van der Waals surface area contributed by atoms with Crippen LogP contribution in [-0.2, 0) is 14.6 Å². The van der Waals surface area contributed by atoms with E-state index in [1.54, 1.807) is 6.92 Å². The summed E-state index contributed by atoms with van der Waals surface area (Å²) in [6.45, 7) is 3.48. The molecule has 0 spiro atoms. The highest BCUT2D eigenvalue weighted by molar-refractivity contribution is 8.01. The molecule has 0 aliphatic carbocycles. The first kappa shape index (κ1) is 17.1. The maximum Gasteiger partial charge on any atom is 0.326 e. The zero-order valence-corrected chi connectivity index (χ0v) is 13.2. The molecule has 0 saturated carbocycles. The topological polar surface area (TPSA) is 104 Å². The first-order chi connectivity index (χ1) is 9.33. The second-order valence-electron chi connectivity index (χ2n) is 4.42. The SMILES string of the molecule is CCC(NC(=O)N1CCSCC1S(=O)(=O)CC)C(=O)O. The Labute approximate surface area is 123 Å². The molecule has 2 amide bonds. The first-order valence-electron chi connectivity index (χ1n) is 6.42. The maximum absolute atomic E-state index is 12.1. The average molecular weight is 324 g/mol. The Hall–Kier alpha value is -0.960. The van der Waals surface area contributed by atoms with Gasteiger partial charge >= 0.3 is 12.0 Å². The number of hydrogen-bond acceptors (Lipinski definition) is 5. The Morgan fingerprint density at radius 3 is 2.60 bits per heavy atom. The third kappa shape index (κ3) is 4.02. The van der Waals surface area contributed by atoms with Crippen LogP contribution < -0.4 is 5.32 Å². The minimum absolute atomic E-state index is 0.0435. The van der Waals surface area contributed by atoms with Crippen molar-refractivity contribution < 1.29 is 23.1 Å². The molecule has 20 heavy (non-hydrogen) atoms. The molecule has 1 aliphatic heterocycles. The van der Waals surface area contributed by atoms with Crippen LogP contribution in [0.5, 0.6) is 0 Å². The number of carbonyl (C=O) groups excluding carboxylic acids is 1. The molecule has 2 N–H and O–H groups in total. The molecule has 0 aromatic heterocycles. The molecule has 116 valence electrons. The summed E-state index contributed by atoms with van der Waals surface area (Å²) in [5.41, 5.74) is 0. The number of rotatable bonds is 5. The van der Waals surface area contributed by atoms with Gasteiger partial charge in [0, 0.05) is 23.8 Å². The number of aliphatic carboxylic acids is 1. The van der Waals surface area contributed by atoms with Crippen LogP contribution >= 0.6 is 11.8 Å². The first-order valence-corrected chi connectivity index (χ1v) is 9.29. The molecule has 0 aromatic carbocycles. The van der Waals surface area contributed by atoms with Gasteiger partial charge in [-0.2, -0.15) is 11.8 Å². The van der Waals surface area contributed by atoms with E-state index in [4.69, 9.17) is 5.11 Å². The van der Waals surface area contributed by atoms with Crippen molar-refractivity contribution >= 4 is 33.6 Å². The molecule has 1 fully saturated rings. The summed E-state index contributed by atoms with van der Waals surface area (Å²) in [4.78, 5) is 24.3. The maximum atomic E-state index is 12.1. The van der Waals surface area contributed by atoms with E-state index in [9.17, 15) is 18.0 Å². The molecule has 0 aromatic rings. The Morgan fingerprint density at radius 2 is 2.10 bits per heavy atom. The Kier molecular flexibility index (Phi) is 6.12. The van der Waals surface area contributed by atoms with E-state index in [1.807, 2.05) is 0 Å². The minimum Gasteiger partial charge on any atom is -0.480 e. The van der Waals surface area contributed by atoms with Crippen molar-refractivity contribution in [2.45, 2.75) is 31.7 Å². The number of carboxylic acids is 1. The summed E-state index contributed by atoms with van der Waals surface area (Å²) in [6.07, 6.45) is 0.245. The van der Waals surface area contributed by atoms with Crippen LogP contribution in [0.15, 0.2) is 0 Å². The standard InChI is InChI=1S/C11H20N2O5S2/c1-3-8(10(14)15)12-11(16)13-5-6-19-7-9(13)20(17,18)4-2/h8-9H,3-7H2,1-2H3,(H,12,16)(H,14,15). The van der Waals surface area contributed by atoms with E-state index in [1.165, 1.54) is 23.6 Å². The van der Waals surface area contributed by atoms with Crippen LogP contribution in [0.4, 0.5) is 4.79 Å². The Bertz CT molecular complexity index is 465. The number of thioether (sulfide) groups is 1. The number of nitrogens with zero attached hydrogens (tertiary/aromatic N) is 1. The molecule has 2 atom stereocenters. The average Bonchev–Trinajstić information content (AvgIpc) is 2.44. The van der Waals surface area contributed by atoms with E-state index < -0.39 is 33.3 Å². The van der Waals surface area contributed by atoms with Crippen LogP contribution in [0.25, 0.3) is 0 Å². The van der Waals surface area contributed by atoms with Gasteiger partial charge in [0.15, 0.2) is 9.84 Å². The molecular formula is C11H20N2O5S2. The lowest BCUT2D eigenvalue weighted by Gasteiger charge is -2.35. The summed E-state index contributed by atoms with van der Waals surface area (Å²) in [5, 5.41) is 10.4. The Morgan fingerprint density at radius 1 is 1.45 bits per heavy atom. The van der Waals surface area contributed by atoms with Crippen molar-refractivity contribution in [1.29, 1.82) is 0 Å². The Balaban J connectivity index is 2.85. The molecule has 1 aliphatic rings. The van der Waals surface area contributed by atoms with E-state index in [-0.39, 0.29) is 12.2 Å². The van der Waals surface area contributed by atoms with Gasteiger partial charge in [-0.3, -0.25) is 0 Å². The zero-order valence-electron chi connectivity index (χ0n) is 11.5. The predicted octanol–water partition coefficient (Wildman–Crippen LogP) is 0.369. The fourth-order valence-corrected chi connectivity index (χ4v) is 4.84. The van der Waals surface area contributed by atoms with Gasteiger partial charge in [0.1, 0.15) is 11.4 Å². The van der Waals surface area contributed by atoms with E-state index in [0.29, 0.717) is 18.1 Å². The van der Waals surface area contributed by atoms with Gasteiger partial charge < -0.3 is 15.3 Å². The summed E-state index contributed by atoms with van der Waals surface area (Å²) in [7, 11) is -3.38. The number of carboxylic acid groups (broad SMARTS) is 1. The molecule has 0 radical (unpaired) electrons. The molecule has 7 nitrogen and oxygen atoms in total.